The number of rotatable bonds is 2. The summed E-state index contributed by atoms with van der Waals surface area (Å²) in [4.78, 5) is 0. The zero-order valence-electron chi connectivity index (χ0n) is 10.9. The van der Waals surface area contributed by atoms with Gasteiger partial charge in [0.05, 0.1) is 13.2 Å². The van der Waals surface area contributed by atoms with Crippen LogP contribution in [0.2, 0.25) is 19.6 Å². The van der Waals surface area contributed by atoms with Crippen LogP contribution in [0.1, 0.15) is 13.3 Å². The minimum atomic E-state index is -1.28. The van der Waals surface area contributed by atoms with E-state index in [0.29, 0.717) is 5.92 Å². The molecule has 88 valence electrons. The highest BCUT2D eigenvalue weighted by atomic mass is 28.3. The molecule has 0 aromatic carbocycles. The standard InChI is InChI=1S/C14H22OSi/c1-6-12(8-9-16(3,4)5)14-11-15-10-13(14)7-2/h7,13H,2,6,10-11H2,1,3-5H3/b14-12-. The molecular formula is C14H22OSi. The third-order valence-corrected chi connectivity index (χ3v) is 3.49. The van der Waals surface area contributed by atoms with Crippen LogP contribution in [0.15, 0.2) is 23.8 Å². The Hall–Kier alpha value is -0.783. The maximum atomic E-state index is 5.49. The normalized spacial score (nSPS) is 23.6. The van der Waals surface area contributed by atoms with Crippen LogP contribution in [0, 0.1) is 17.4 Å². The molecule has 0 aliphatic carbocycles. The van der Waals surface area contributed by atoms with Crippen LogP contribution < -0.4 is 0 Å². The monoisotopic (exact) mass is 234 g/mol. The van der Waals surface area contributed by atoms with Crippen LogP contribution in [-0.2, 0) is 4.74 Å². The molecule has 0 radical (unpaired) electrons. The highest BCUT2D eigenvalue weighted by Gasteiger charge is 2.21. The van der Waals surface area contributed by atoms with E-state index in [1.54, 1.807) is 0 Å². The molecule has 2 heteroatoms. The fourth-order valence-corrected chi connectivity index (χ4v) is 2.21. The van der Waals surface area contributed by atoms with Gasteiger partial charge in [0.2, 0.25) is 0 Å². The molecule has 1 heterocycles. The van der Waals surface area contributed by atoms with Crippen LogP contribution in [0.4, 0.5) is 0 Å². The largest absolute Gasteiger partial charge is 0.376 e. The van der Waals surface area contributed by atoms with E-state index in [9.17, 15) is 0 Å². The first-order chi connectivity index (χ1) is 7.48. The Kier molecular flexibility index (Phi) is 4.58. The highest BCUT2D eigenvalue weighted by Crippen LogP contribution is 2.25. The second-order valence-electron chi connectivity index (χ2n) is 5.21. The molecule has 1 rings (SSSR count). The molecular weight excluding hydrogens is 212 g/mol. The van der Waals surface area contributed by atoms with Gasteiger partial charge < -0.3 is 4.74 Å². The summed E-state index contributed by atoms with van der Waals surface area (Å²) in [5.74, 6) is 3.76. The minimum absolute atomic E-state index is 0.380. The topological polar surface area (TPSA) is 9.23 Å². The summed E-state index contributed by atoms with van der Waals surface area (Å²) in [5, 5.41) is 0. The van der Waals surface area contributed by atoms with Gasteiger partial charge in [0, 0.05) is 11.5 Å². The van der Waals surface area contributed by atoms with E-state index < -0.39 is 8.07 Å². The summed E-state index contributed by atoms with van der Waals surface area (Å²) < 4.78 is 5.49. The fourth-order valence-electron chi connectivity index (χ4n) is 1.68. The Balaban J connectivity index is 2.99. The SMILES string of the molecule is C=CC1COC/C1=C(/C#C[Si](C)(C)C)CC. The summed E-state index contributed by atoms with van der Waals surface area (Å²) >= 11 is 0. The molecule has 0 N–H and O–H groups in total. The first-order valence-electron chi connectivity index (χ1n) is 5.93. The second kappa shape index (κ2) is 5.52. The third-order valence-electron chi connectivity index (χ3n) is 2.62. The van der Waals surface area contributed by atoms with Gasteiger partial charge in [-0.05, 0) is 12.0 Å². The zero-order chi connectivity index (χ0) is 12.2. The average Bonchev–Trinajstić information content (AvgIpc) is 2.65. The van der Waals surface area contributed by atoms with Gasteiger partial charge in [-0.3, -0.25) is 0 Å². The maximum absolute atomic E-state index is 5.49. The van der Waals surface area contributed by atoms with Gasteiger partial charge in [0.15, 0.2) is 0 Å². The number of ether oxygens (including phenoxy) is 1. The van der Waals surface area contributed by atoms with Crippen LogP contribution in [0.3, 0.4) is 0 Å². The van der Waals surface area contributed by atoms with Crippen molar-refractivity contribution in [3.8, 4) is 11.5 Å². The predicted octanol–water partition coefficient (Wildman–Crippen LogP) is 3.41. The molecule has 1 aliphatic rings. The molecule has 1 atom stereocenters. The summed E-state index contributed by atoms with van der Waals surface area (Å²) in [6.45, 7) is 14.4. The first kappa shape index (κ1) is 13.3. The first-order valence-corrected chi connectivity index (χ1v) is 9.43. The van der Waals surface area contributed by atoms with Crippen molar-refractivity contribution >= 4 is 8.07 Å². The number of hydrogen-bond acceptors (Lipinski definition) is 1. The Morgan fingerprint density at radius 1 is 1.56 bits per heavy atom. The van der Waals surface area contributed by atoms with Gasteiger partial charge in [-0.2, -0.15) is 0 Å². The highest BCUT2D eigenvalue weighted by molar-refractivity contribution is 6.83. The molecule has 0 amide bonds. The summed E-state index contributed by atoms with van der Waals surface area (Å²) in [5.41, 5.74) is 6.05. The van der Waals surface area contributed by atoms with Crippen molar-refractivity contribution in [3.05, 3.63) is 23.8 Å². The Labute approximate surface area is 101 Å². The molecule has 0 aromatic heterocycles. The lowest BCUT2D eigenvalue weighted by Crippen LogP contribution is -2.16. The van der Waals surface area contributed by atoms with E-state index >= 15 is 0 Å². The Bertz CT molecular complexity index is 349. The van der Waals surface area contributed by atoms with E-state index in [-0.39, 0.29) is 0 Å². The molecule has 0 saturated carbocycles. The van der Waals surface area contributed by atoms with Crippen molar-refractivity contribution in [3.63, 3.8) is 0 Å². The summed E-state index contributed by atoms with van der Waals surface area (Å²) in [7, 11) is -1.28. The quantitative estimate of drug-likeness (QED) is 0.404. The average molecular weight is 234 g/mol. The van der Waals surface area contributed by atoms with Gasteiger partial charge >= 0.3 is 0 Å². The molecule has 1 aliphatic heterocycles. The van der Waals surface area contributed by atoms with Crippen LogP contribution in [0.5, 0.6) is 0 Å². The molecule has 0 aromatic rings. The van der Waals surface area contributed by atoms with Gasteiger partial charge in [0.1, 0.15) is 8.07 Å². The number of hydrogen-bond donors (Lipinski definition) is 0. The van der Waals surface area contributed by atoms with Crippen molar-refractivity contribution in [2.75, 3.05) is 13.2 Å². The lowest BCUT2D eigenvalue weighted by Gasteiger charge is -2.08. The van der Waals surface area contributed by atoms with Crippen molar-refractivity contribution in [1.82, 2.24) is 0 Å². The van der Waals surface area contributed by atoms with E-state index in [1.165, 1.54) is 11.1 Å². The van der Waals surface area contributed by atoms with Gasteiger partial charge in [-0.1, -0.05) is 38.6 Å². The summed E-state index contributed by atoms with van der Waals surface area (Å²) in [6, 6.07) is 0. The molecule has 1 saturated heterocycles. The van der Waals surface area contributed by atoms with E-state index in [1.807, 2.05) is 6.08 Å². The van der Waals surface area contributed by atoms with E-state index in [4.69, 9.17) is 4.74 Å². The van der Waals surface area contributed by atoms with Gasteiger partial charge in [-0.25, -0.2) is 0 Å². The Morgan fingerprint density at radius 2 is 2.25 bits per heavy atom. The predicted molar refractivity (Wildman–Crippen MR) is 72.9 cm³/mol. The lowest BCUT2D eigenvalue weighted by atomic mass is 9.96. The zero-order valence-corrected chi connectivity index (χ0v) is 11.9. The maximum Gasteiger partial charge on any atom is 0.129 e. The van der Waals surface area contributed by atoms with Crippen molar-refractivity contribution in [2.24, 2.45) is 5.92 Å². The second-order valence-corrected chi connectivity index (χ2v) is 9.96. The van der Waals surface area contributed by atoms with Crippen LogP contribution in [0.25, 0.3) is 0 Å². The van der Waals surface area contributed by atoms with Crippen LogP contribution >= 0.6 is 0 Å². The minimum Gasteiger partial charge on any atom is -0.376 e. The van der Waals surface area contributed by atoms with Crippen molar-refractivity contribution in [1.29, 1.82) is 0 Å². The smallest absolute Gasteiger partial charge is 0.129 e. The van der Waals surface area contributed by atoms with Crippen molar-refractivity contribution in [2.45, 2.75) is 33.0 Å². The third kappa shape index (κ3) is 3.66. The van der Waals surface area contributed by atoms with Crippen LogP contribution in [-0.4, -0.2) is 21.3 Å². The Morgan fingerprint density at radius 3 is 2.75 bits per heavy atom. The molecule has 1 fully saturated rings. The van der Waals surface area contributed by atoms with Gasteiger partial charge in [0.25, 0.3) is 0 Å². The van der Waals surface area contributed by atoms with E-state index in [0.717, 1.165) is 19.6 Å². The summed E-state index contributed by atoms with van der Waals surface area (Å²) in [6.07, 6.45) is 2.98. The molecule has 1 unspecified atom stereocenters. The molecule has 1 nitrogen and oxygen atoms in total. The van der Waals surface area contributed by atoms with Gasteiger partial charge in [-0.15, -0.1) is 12.1 Å². The molecule has 16 heavy (non-hydrogen) atoms. The lowest BCUT2D eigenvalue weighted by molar-refractivity contribution is 0.195. The number of allylic oxidation sites excluding steroid dienone is 1. The molecule has 0 spiro atoms. The fraction of sp³-hybridized carbons (Fsp3) is 0.571. The molecule has 0 bridgehead atoms. The van der Waals surface area contributed by atoms with Crippen molar-refractivity contribution < 1.29 is 4.74 Å². The van der Waals surface area contributed by atoms with E-state index in [2.05, 4.69) is 44.6 Å².